The Hall–Kier alpha value is -1.16. The second-order valence-corrected chi connectivity index (χ2v) is 3.48. The van der Waals surface area contributed by atoms with Gasteiger partial charge in [0, 0.05) is 38.6 Å². The van der Waals surface area contributed by atoms with Crippen LogP contribution >= 0.6 is 0 Å². The van der Waals surface area contributed by atoms with E-state index in [9.17, 15) is 0 Å². The molecule has 1 saturated heterocycles. The van der Waals surface area contributed by atoms with Crippen LogP contribution in [0.25, 0.3) is 0 Å². The number of nitrogens with zero attached hydrogens (tertiary/aromatic N) is 4. The van der Waals surface area contributed by atoms with Gasteiger partial charge in [-0.1, -0.05) is 6.92 Å². The molecule has 4 nitrogen and oxygen atoms in total. The molecule has 1 aromatic rings. The Morgan fingerprint density at radius 1 is 1.21 bits per heavy atom. The Balaban J connectivity index is 1.96. The zero-order valence-electron chi connectivity index (χ0n) is 8.56. The second-order valence-electron chi connectivity index (χ2n) is 3.48. The van der Waals surface area contributed by atoms with E-state index < -0.39 is 0 Å². The number of hydrogen-bond donors (Lipinski definition) is 0. The van der Waals surface area contributed by atoms with E-state index in [1.54, 1.807) is 12.4 Å². The van der Waals surface area contributed by atoms with Crippen molar-refractivity contribution in [1.82, 2.24) is 14.9 Å². The molecule has 0 spiro atoms. The summed E-state index contributed by atoms with van der Waals surface area (Å²) in [6.45, 7) is 7.74. The molecule has 0 saturated carbocycles. The first-order valence-electron chi connectivity index (χ1n) is 5.13. The van der Waals surface area contributed by atoms with Crippen molar-refractivity contribution in [1.29, 1.82) is 0 Å². The van der Waals surface area contributed by atoms with E-state index >= 15 is 0 Å². The van der Waals surface area contributed by atoms with E-state index in [2.05, 4.69) is 26.7 Å². The van der Waals surface area contributed by atoms with E-state index in [0.717, 1.165) is 38.5 Å². The lowest BCUT2D eigenvalue weighted by Gasteiger charge is -2.34. The topological polar surface area (TPSA) is 32.3 Å². The van der Waals surface area contributed by atoms with E-state index in [1.807, 2.05) is 6.20 Å². The van der Waals surface area contributed by atoms with E-state index in [0.29, 0.717) is 0 Å². The van der Waals surface area contributed by atoms with Crippen LogP contribution in [-0.2, 0) is 0 Å². The number of likely N-dealkylation sites (N-methyl/N-ethyl adjacent to an activating group) is 1. The second kappa shape index (κ2) is 4.37. The van der Waals surface area contributed by atoms with Crippen molar-refractivity contribution >= 4 is 5.82 Å². The van der Waals surface area contributed by atoms with Crippen LogP contribution < -0.4 is 4.90 Å². The molecule has 76 valence electrons. The van der Waals surface area contributed by atoms with Gasteiger partial charge in [-0.05, 0) is 6.54 Å². The van der Waals surface area contributed by atoms with Crippen molar-refractivity contribution in [2.24, 2.45) is 0 Å². The molecule has 0 unspecified atom stereocenters. The molecule has 1 aliphatic rings. The Bertz CT molecular complexity index is 267. The van der Waals surface area contributed by atoms with Gasteiger partial charge in [0.1, 0.15) is 5.82 Å². The van der Waals surface area contributed by atoms with Crippen LogP contribution in [0.2, 0.25) is 0 Å². The van der Waals surface area contributed by atoms with Gasteiger partial charge < -0.3 is 9.80 Å². The van der Waals surface area contributed by atoms with Gasteiger partial charge in [0.15, 0.2) is 0 Å². The lowest BCUT2D eigenvalue weighted by atomic mass is 10.3. The summed E-state index contributed by atoms with van der Waals surface area (Å²) >= 11 is 0. The standard InChI is InChI=1S/C10H16N4/c1-2-13-5-7-14(8-6-13)10-9-11-3-4-12-10/h3-4,9H,2,5-8H2,1H3. The van der Waals surface area contributed by atoms with Crippen LogP contribution in [0.5, 0.6) is 0 Å². The van der Waals surface area contributed by atoms with Crippen LogP contribution in [0.15, 0.2) is 18.6 Å². The van der Waals surface area contributed by atoms with Crippen molar-refractivity contribution in [3.63, 3.8) is 0 Å². The minimum atomic E-state index is 1.00. The highest BCUT2D eigenvalue weighted by atomic mass is 15.3. The average molecular weight is 192 g/mol. The summed E-state index contributed by atoms with van der Waals surface area (Å²) in [5.41, 5.74) is 0. The summed E-state index contributed by atoms with van der Waals surface area (Å²) in [4.78, 5) is 13.1. The maximum Gasteiger partial charge on any atom is 0.147 e. The number of piperazine rings is 1. The Kier molecular flexibility index (Phi) is 2.93. The first kappa shape index (κ1) is 9.40. The lowest BCUT2D eigenvalue weighted by molar-refractivity contribution is 0.270. The minimum Gasteiger partial charge on any atom is -0.353 e. The highest BCUT2D eigenvalue weighted by Gasteiger charge is 2.16. The van der Waals surface area contributed by atoms with Crippen LogP contribution in [-0.4, -0.2) is 47.6 Å². The number of aromatic nitrogens is 2. The lowest BCUT2D eigenvalue weighted by Crippen LogP contribution is -2.46. The van der Waals surface area contributed by atoms with Crippen LogP contribution in [0, 0.1) is 0 Å². The predicted molar refractivity (Wildman–Crippen MR) is 56.4 cm³/mol. The van der Waals surface area contributed by atoms with Crippen molar-refractivity contribution < 1.29 is 0 Å². The summed E-state index contributed by atoms with van der Waals surface area (Å²) in [5.74, 6) is 1.00. The van der Waals surface area contributed by atoms with Crippen molar-refractivity contribution in [2.75, 3.05) is 37.6 Å². The van der Waals surface area contributed by atoms with Gasteiger partial charge >= 0.3 is 0 Å². The van der Waals surface area contributed by atoms with Gasteiger partial charge in [-0.2, -0.15) is 0 Å². The molecule has 0 atom stereocenters. The summed E-state index contributed by atoms with van der Waals surface area (Å²) in [6.07, 6.45) is 5.30. The number of hydrogen-bond acceptors (Lipinski definition) is 4. The van der Waals surface area contributed by atoms with E-state index in [1.165, 1.54) is 0 Å². The smallest absolute Gasteiger partial charge is 0.147 e. The van der Waals surface area contributed by atoms with Gasteiger partial charge in [-0.3, -0.25) is 4.98 Å². The average Bonchev–Trinajstić information content (AvgIpc) is 2.30. The Labute approximate surface area is 84.6 Å². The highest BCUT2D eigenvalue weighted by Crippen LogP contribution is 2.10. The van der Waals surface area contributed by atoms with Crippen molar-refractivity contribution in [3.8, 4) is 0 Å². The molecule has 14 heavy (non-hydrogen) atoms. The Morgan fingerprint density at radius 3 is 2.57 bits per heavy atom. The van der Waals surface area contributed by atoms with Gasteiger partial charge in [-0.15, -0.1) is 0 Å². The monoisotopic (exact) mass is 192 g/mol. The third kappa shape index (κ3) is 2.01. The third-order valence-corrected chi connectivity index (χ3v) is 2.69. The fourth-order valence-corrected chi connectivity index (χ4v) is 1.75. The largest absolute Gasteiger partial charge is 0.353 e. The fourth-order valence-electron chi connectivity index (χ4n) is 1.75. The van der Waals surface area contributed by atoms with Gasteiger partial charge in [0.05, 0.1) is 6.20 Å². The third-order valence-electron chi connectivity index (χ3n) is 2.69. The molecular formula is C10H16N4. The summed E-state index contributed by atoms with van der Waals surface area (Å²) < 4.78 is 0. The summed E-state index contributed by atoms with van der Waals surface area (Å²) in [5, 5.41) is 0. The van der Waals surface area contributed by atoms with Crippen molar-refractivity contribution in [3.05, 3.63) is 18.6 Å². The predicted octanol–water partition coefficient (Wildman–Crippen LogP) is 0.618. The molecule has 0 bridgehead atoms. The van der Waals surface area contributed by atoms with Gasteiger partial charge in [0.25, 0.3) is 0 Å². The zero-order chi connectivity index (χ0) is 9.80. The quantitative estimate of drug-likeness (QED) is 0.687. The molecule has 1 aromatic heterocycles. The maximum atomic E-state index is 4.30. The highest BCUT2D eigenvalue weighted by molar-refractivity contribution is 5.35. The first-order valence-corrected chi connectivity index (χ1v) is 5.13. The van der Waals surface area contributed by atoms with Crippen LogP contribution in [0.4, 0.5) is 5.82 Å². The molecule has 4 heteroatoms. The molecule has 2 heterocycles. The SMILES string of the molecule is CCN1CCN(c2cnccn2)CC1. The van der Waals surface area contributed by atoms with Crippen LogP contribution in [0.3, 0.4) is 0 Å². The van der Waals surface area contributed by atoms with Gasteiger partial charge in [0.2, 0.25) is 0 Å². The molecule has 0 amide bonds. The zero-order valence-corrected chi connectivity index (χ0v) is 8.56. The molecule has 1 fully saturated rings. The van der Waals surface area contributed by atoms with E-state index in [-0.39, 0.29) is 0 Å². The van der Waals surface area contributed by atoms with Crippen LogP contribution in [0.1, 0.15) is 6.92 Å². The normalized spacial score (nSPS) is 18.5. The first-order chi connectivity index (χ1) is 6.90. The molecule has 0 aromatic carbocycles. The Morgan fingerprint density at radius 2 is 2.00 bits per heavy atom. The molecule has 2 rings (SSSR count). The van der Waals surface area contributed by atoms with Crippen molar-refractivity contribution in [2.45, 2.75) is 6.92 Å². The van der Waals surface area contributed by atoms with E-state index in [4.69, 9.17) is 0 Å². The molecule has 0 radical (unpaired) electrons. The van der Waals surface area contributed by atoms with Gasteiger partial charge in [-0.25, -0.2) is 4.98 Å². The fraction of sp³-hybridized carbons (Fsp3) is 0.600. The molecule has 0 N–H and O–H groups in total. The molecule has 0 aliphatic carbocycles. The number of rotatable bonds is 2. The summed E-state index contributed by atoms with van der Waals surface area (Å²) in [6, 6.07) is 0. The summed E-state index contributed by atoms with van der Waals surface area (Å²) in [7, 11) is 0. The molecular weight excluding hydrogens is 176 g/mol. The maximum absolute atomic E-state index is 4.30. The molecule has 1 aliphatic heterocycles. The number of anilines is 1. The minimum absolute atomic E-state index is 1.00.